The van der Waals surface area contributed by atoms with Crippen molar-refractivity contribution >= 4 is 11.5 Å². The molecular weight excluding hydrogens is 414 g/mol. The monoisotopic (exact) mass is 443 g/mol. The van der Waals surface area contributed by atoms with Gasteiger partial charge in [-0.2, -0.15) is 0 Å². The van der Waals surface area contributed by atoms with Crippen LogP contribution in [-0.2, 0) is 6.54 Å². The molecule has 7 nitrogen and oxygen atoms in total. The average molecular weight is 444 g/mol. The quantitative estimate of drug-likeness (QED) is 0.372. The molecule has 1 aliphatic carbocycles. The highest BCUT2D eigenvalue weighted by molar-refractivity contribution is 6.09. The van der Waals surface area contributed by atoms with Gasteiger partial charge in [0.2, 0.25) is 0 Å². The van der Waals surface area contributed by atoms with Crippen LogP contribution >= 0.6 is 0 Å². The van der Waals surface area contributed by atoms with Gasteiger partial charge >= 0.3 is 0 Å². The van der Waals surface area contributed by atoms with Crippen LogP contribution in [0, 0.1) is 11.3 Å². The second-order valence-electron chi connectivity index (χ2n) is 8.70. The van der Waals surface area contributed by atoms with E-state index in [2.05, 4.69) is 22.2 Å². The summed E-state index contributed by atoms with van der Waals surface area (Å²) in [6, 6.07) is 11.1. The first-order valence-corrected chi connectivity index (χ1v) is 11.2. The molecule has 4 rings (SSSR count). The average Bonchev–Trinajstić information content (AvgIpc) is 3.26. The van der Waals surface area contributed by atoms with Gasteiger partial charge < -0.3 is 20.4 Å². The summed E-state index contributed by atoms with van der Waals surface area (Å²) >= 11 is 0. The molecule has 0 spiro atoms. The molecule has 0 radical (unpaired) electrons. The fourth-order valence-electron chi connectivity index (χ4n) is 4.30. The molecule has 1 saturated carbocycles. The molecule has 1 fully saturated rings. The van der Waals surface area contributed by atoms with Crippen molar-refractivity contribution in [3.63, 3.8) is 0 Å². The third-order valence-electron chi connectivity index (χ3n) is 6.12. The van der Waals surface area contributed by atoms with Gasteiger partial charge in [-0.15, -0.1) is 0 Å². The summed E-state index contributed by atoms with van der Waals surface area (Å²) in [5.41, 5.74) is 3.59. The van der Waals surface area contributed by atoms with Crippen molar-refractivity contribution in [2.45, 2.75) is 38.8 Å². The van der Waals surface area contributed by atoms with Crippen molar-refractivity contribution in [3.8, 4) is 11.3 Å². The fourth-order valence-corrected chi connectivity index (χ4v) is 4.30. The summed E-state index contributed by atoms with van der Waals surface area (Å²) < 4.78 is 1.80. The number of aromatic nitrogens is 3. The standard InChI is InChI=1S/C26H29N5O2/c1-17-3-9-21(11-17)31-16-20(8-10-26(31)33)23-14-29-15-24(30-23)25(32)12-22(27)19-6-4-18(5-7-19)13-28-2/h4-8,10,12,14-17,21,27-28,32H,3,9,11,13H2,1-2H3/b25-12-,27-22?. The van der Waals surface area contributed by atoms with E-state index in [1.807, 2.05) is 37.5 Å². The minimum absolute atomic E-state index is 0.0149. The van der Waals surface area contributed by atoms with E-state index in [-0.39, 0.29) is 28.8 Å². The summed E-state index contributed by atoms with van der Waals surface area (Å²) in [6.07, 6.45) is 9.42. The molecule has 33 heavy (non-hydrogen) atoms. The van der Waals surface area contributed by atoms with Crippen molar-refractivity contribution in [3.05, 3.63) is 88.2 Å². The normalized spacial score (nSPS) is 18.4. The summed E-state index contributed by atoms with van der Waals surface area (Å²) in [4.78, 5) is 21.2. The Labute approximate surface area is 193 Å². The van der Waals surface area contributed by atoms with Crippen LogP contribution in [-0.4, -0.2) is 32.4 Å². The van der Waals surface area contributed by atoms with Crippen LogP contribution in [0.5, 0.6) is 0 Å². The van der Waals surface area contributed by atoms with Gasteiger partial charge in [0.05, 0.1) is 23.8 Å². The van der Waals surface area contributed by atoms with Gasteiger partial charge in [0, 0.05) is 36.5 Å². The molecule has 2 heterocycles. The van der Waals surface area contributed by atoms with Crippen LogP contribution in [0.4, 0.5) is 0 Å². The zero-order chi connectivity index (χ0) is 23.4. The van der Waals surface area contributed by atoms with Gasteiger partial charge in [-0.3, -0.25) is 9.78 Å². The highest BCUT2D eigenvalue weighted by atomic mass is 16.3. The fraction of sp³-hybridized carbons (Fsp3) is 0.308. The van der Waals surface area contributed by atoms with Crippen LogP contribution in [0.2, 0.25) is 0 Å². The number of nitrogens with zero attached hydrogens (tertiary/aromatic N) is 3. The highest BCUT2D eigenvalue weighted by Gasteiger charge is 2.23. The molecule has 7 heteroatoms. The van der Waals surface area contributed by atoms with Crippen molar-refractivity contribution in [2.24, 2.45) is 5.92 Å². The zero-order valence-electron chi connectivity index (χ0n) is 19.0. The van der Waals surface area contributed by atoms with Gasteiger partial charge in [-0.25, -0.2) is 4.98 Å². The lowest BCUT2D eigenvalue weighted by molar-refractivity contribution is 0.481. The number of allylic oxidation sites excluding steroid dienone is 1. The zero-order valence-corrected chi connectivity index (χ0v) is 19.0. The van der Waals surface area contributed by atoms with Crippen LogP contribution in [0.1, 0.15) is 49.0 Å². The van der Waals surface area contributed by atoms with E-state index in [9.17, 15) is 9.90 Å². The first kappa shape index (κ1) is 22.6. The Hall–Kier alpha value is -3.58. The number of hydrogen-bond donors (Lipinski definition) is 3. The van der Waals surface area contributed by atoms with E-state index in [0.717, 1.165) is 36.9 Å². The molecule has 0 bridgehead atoms. The second-order valence-corrected chi connectivity index (χ2v) is 8.70. The topological polar surface area (TPSA) is 104 Å². The van der Waals surface area contributed by atoms with E-state index < -0.39 is 0 Å². The van der Waals surface area contributed by atoms with E-state index in [1.165, 1.54) is 12.3 Å². The van der Waals surface area contributed by atoms with E-state index in [0.29, 0.717) is 17.2 Å². The lowest BCUT2D eigenvalue weighted by Crippen LogP contribution is -2.22. The van der Waals surface area contributed by atoms with Crippen molar-refractivity contribution in [1.29, 1.82) is 5.41 Å². The molecule has 0 amide bonds. The van der Waals surface area contributed by atoms with E-state index in [4.69, 9.17) is 5.41 Å². The first-order chi connectivity index (χ1) is 15.9. The SMILES string of the molecule is CNCc1ccc(C(=N)/C=C(\O)c2cncc(-c3ccc(=O)n(C4CCC(C)C4)c3)n2)cc1. The number of nitrogens with one attached hydrogen (secondary N) is 2. The Kier molecular flexibility index (Phi) is 6.79. The molecule has 1 aliphatic rings. The lowest BCUT2D eigenvalue weighted by atomic mass is 10.1. The second kappa shape index (κ2) is 9.92. The lowest BCUT2D eigenvalue weighted by Gasteiger charge is -2.15. The summed E-state index contributed by atoms with van der Waals surface area (Å²) in [7, 11) is 1.88. The number of pyridine rings is 1. The van der Waals surface area contributed by atoms with Crippen molar-refractivity contribution in [2.75, 3.05) is 7.05 Å². The third kappa shape index (κ3) is 5.26. The Bertz CT molecular complexity index is 1230. The Morgan fingerprint density at radius 1 is 1.21 bits per heavy atom. The van der Waals surface area contributed by atoms with Gasteiger partial charge in [0.15, 0.2) is 0 Å². The molecular formula is C26H29N5O2. The smallest absolute Gasteiger partial charge is 0.250 e. The molecule has 2 aromatic heterocycles. The van der Waals surface area contributed by atoms with Crippen LogP contribution in [0.25, 0.3) is 17.0 Å². The summed E-state index contributed by atoms with van der Waals surface area (Å²) in [6.45, 7) is 2.97. The van der Waals surface area contributed by atoms with Gasteiger partial charge in [0.1, 0.15) is 11.5 Å². The first-order valence-electron chi connectivity index (χ1n) is 11.2. The van der Waals surface area contributed by atoms with Crippen LogP contribution in [0.15, 0.2) is 65.9 Å². The number of rotatable bonds is 7. The molecule has 2 unspecified atom stereocenters. The minimum atomic E-state index is -0.133. The van der Waals surface area contributed by atoms with Gasteiger partial charge in [-0.05, 0) is 49.4 Å². The van der Waals surface area contributed by atoms with Gasteiger partial charge in [0.25, 0.3) is 5.56 Å². The van der Waals surface area contributed by atoms with E-state index >= 15 is 0 Å². The highest BCUT2D eigenvalue weighted by Crippen LogP contribution is 2.33. The molecule has 170 valence electrons. The molecule has 0 aliphatic heterocycles. The Balaban J connectivity index is 1.57. The molecule has 0 saturated heterocycles. The van der Waals surface area contributed by atoms with Crippen molar-refractivity contribution < 1.29 is 5.11 Å². The molecule has 1 aromatic carbocycles. The maximum absolute atomic E-state index is 12.4. The number of benzene rings is 1. The van der Waals surface area contributed by atoms with Crippen LogP contribution in [0.3, 0.4) is 0 Å². The van der Waals surface area contributed by atoms with E-state index in [1.54, 1.807) is 22.9 Å². The number of hydrogen-bond acceptors (Lipinski definition) is 6. The largest absolute Gasteiger partial charge is 0.506 e. The minimum Gasteiger partial charge on any atom is -0.506 e. The maximum atomic E-state index is 12.4. The van der Waals surface area contributed by atoms with Crippen LogP contribution < -0.4 is 10.9 Å². The summed E-state index contributed by atoms with van der Waals surface area (Å²) in [5, 5.41) is 22.0. The predicted molar refractivity (Wildman–Crippen MR) is 130 cm³/mol. The predicted octanol–water partition coefficient (Wildman–Crippen LogP) is 4.35. The third-order valence-corrected chi connectivity index (χ3v) is 6.12. The number of aliphatic hydroxyl groups is 1. The molecule has 2 atom stereocenters. The maximum Gasteiger partial charge on any atom is 0.250 e. The number of aliphatic hydroxyl groups excluding tert-OH is 1. The van der Waals surface area contributed by atoms with Crippen molar-refractivity contribution in [1.82, 2.24) is 19.9 Å². The summed E-state index contributed by atoms with van der Waals surface area (Å²) in [5.74, 6) is 0.484. The molecule has 3 aromatic rings. The van der Waals surface area contributed by atoms with Gasteiger partial charge in [-0.1, -0.05) is 31.2 Å². The molecule has 3 N–H and O–H groups in total. The Morgan fingerprint density at radius 3 is 2.70 bits per heavy atom. The Morgan fingerprint density at radius 2 is 2.00 bits per heavy atom.